The Morgan fingerprint density at radius 3 is 2.08 bits per heavy atom. The minimum Gasteiger partial charge on any atom is -0.390 e. The van der Waals surface area contributed by atoms with Gasteiger partial charge in [-0.2, -0.15) is 0 Å². The maximum absolute atomic E-state index is 12.7. The third-order valence-electron chi connectivity index (χ3n) is 9.37. The first-order chi connectivity index (χ1) is 22.9. The summed E-state index contributed by atoms with van der Waals surface area (Å²) in [6.45, 7) is 6.49. The van der Waals surface area contributed by atoms with E-state index in [1.807, 2.05) is 0 Å². The number of H-pyrrole nitrogens is 1. The Morgan fingerprint density at radius 1 is 0.979 bits per heavy atom. The van der Waals surface area contributed by atoms with Crippen molar-refractivity contribution in [2.24, 2.45) is 0 Å². The zero-order chi connectivity index (χ0) is 35.4. The predicted octanol–water partition coefficient (Wildman–Crippen LogP) is 6.13. The number of ether oxygens (including phenoxy) is 2. The smallest absolute Gasteiger partial charge is 0.378 e. The molecular weight excluding hydrogens is 637 g/mol. The normalized spacial score (nSPS) is 19.4. The summed E-state index contributed by atoms with van der Waals surface area (Å²) < 4.78 is 25.5. The van der Waals surface area contributed by atoms with Crippen molar-refractivity contribution in [3.63, 3.8) is 0 Å². The number of nitrogens with one attached hydrogen (secondary N) is 2. The summed E-state index contributed by atoms with van der Waals surface area (Å²) in [5, 5.41) is 14.2. The number of aromatic amines is 1. The molecule has 1 aromatic rings. The highest BCUT2D eigenvalue weighted by Gasteiger charge is 2.57. The lowest BCUT2D eigenvalue weighted by Gasteiger charge is -2.33. The zero-order valence-corrected chi connectivity index (χ0v) is 30.7. The first-order valence-electron chi connectivity index (χ1n) is 18.6. The van der Waals surface area contributed by atoms with Crippen LogP contribution in [0.2, 0.25) is 0 Å². The Balaban J connectivity index is 1.95. The molecule has 1 aromatic heterocycles. The van der Waals surface area contributed by atoms with Gasteiger partial charge in [0.15, 0.2) is 0 Å². The molecule has 5 N–H and O–H groups in total. The molecule has 1 amide bonds. The van der Waals surface area contributed by atoms with E-state index in [4.69, 9.17) is 9.47 Å². The maximum atomic E-state index is 12.7. The average Bonchev–Trinajstić information content (AvgIpc) is 3.51. The molecule has 0 saturated carbocycles. The highest BCUT2D eigenvalue weighted by atomic mass is 31.2. The van der Waals surface area contributed by atoms with Crippen molar-refractivity contribution in [3.8, 4) is 0 Å². The van der Waals surface area contributed by atoms with Gasteiger partial charge in [-0.25, -0.2) is 4.79 Å². The summed E-state index contributed by atoms with van der Waals surface area (Å²) in [5.41, 5.74) is -3.95. The topological polar surface area (TPSA) is 180 Å². The van der Waals surface area contributed by atoms with E-state index in [9.17, 15) is 33.8 Å². The van der Waals surface area contributed by atoms with Crippen molar-refractivity contribution in [2.45, 2.75) is 179 Å². The third kappa shape index (κ3) is 14.6. The number of hydrogen-bond donors (Lipinski definition) is 5. The highest BCUT2D eigenvalue weighted by Crippen LogP contribution is 2.60. The summed E-state index contributed by atoms with van der Waals surface area (Å²) in [5.74, 6) is -0.0708. The zero-order valence-electron chi connectivity index (χ0n) is 29.8. The van der Waals surface area contributed by atoms with Gasteiger partial charge in [0.1, 0.15) is 0 Å². The van der Waals surface area contributed by atoms with Gasteiger partial charge in [0.05, 0.1) is 18.3 Å². The van der Waals surface area contributed by atoms with E-state index in [1.54, 1.807) is 0 Å². The van der Waals surface area contributed by atoms with Crippen LogP contribution in [0, 0.1) is 6.92 Å². The number of aromatic nitrogens is 2. The molecule has 2 unspecified atom stereocenters. The number of unbranched alkanes of at least 4 members (excludes halogenated alkanes) is 15. The van der Waals surface area contributed by atoms with E-state index in [2.05, 4.69) is 24.1 Å². The van der Waals surface area contributed by atoms with E-state index in [-0.39, 0.29) is 37.3 Å². The largest absolute Gasteiger partial charge is 0.390 e. The number of aliphatic hydroxyl groups excluding tert-OH is 1. The minimum atomic E-state index is -5.11. The van der Waals surface area contributed by atoms with Crippen LogP contribution < -0.4 is 16.6 Å². The number of aliphatic hydroxyl groups is 1. The first-order valence-corrected chi connectivity index (χ1v) is 20.2. The van der Waals surface area contributed by atoms with Crippen LogP contribution in [-0.4, -0.2) is 61.8 Å². The number of nitrogens with zero attached hydrogens (tertiary/aromatic N) is 1. The van der Waals surface area contributed by atoms with Crippen molar-refractivity contribution >= 4 is 13.5 Å². The molecule has 0 bridgehead atoms. The number of hydrogen-bond acceptors (Lipinski definition) is 7. The number of rotatable bonds is 27. The molecule has 278 valence electrons. The van der Waals surface area contributed by atoms with Gasteiger partial charge < -0.3 is 29.7 Å². The van der Waals surface area contributed by atoms with Gasteiger partial charge in [0, 0.05) is 44.2 Å². The molecule has 2 heterocycles. The molecule has 1 fully saturated rings. The average molecular weight is 702 g/mol. The van der Waals surface area contributed by atoms with Crippen molar-refractivity contribution in [1.29, 1.82) is 0 Å². The molecular formula is C35H64N3O9P. The van der Waals surface area contributed by atoms with E-state index >= 15 is 0 Å². The fraction of sp³-hybridized carbons (Fsp3) is 0.857. The van der Waals surface area contributed by atoms with Gasteiger partial charge >= 0.3 is 13.3 Å². The minimum absolute atomic E-state index is 0.0621. The Morgan fingerprint density at radius 2 is 1.52 bits per heavy atom. The van der Waals surface area contributed by atoms with E-state index in [0.29, 0.717) is 13.0 Å². The van der Waals surface area contributed by atoms with Gasteiger partial charge in [0.2, 0.25) is 5.91 Å². The van der Waals surface area contributed by atoms with Crippen LogP contribution in [0.25, 0.3) is 0 Å². The van der Waals surface area contributed by atoms with Crippen LogP contribution in [0.1, 0.15) is 154 Å². The third-order valence-corrected chi connectivity index (χ3v) is 10.8. The molecule has 0 radical (unpaired) electrons. The second kappa shape index (κ2) is 22.8. The predicted molar refractivity (Wildman–Crippen MR) is 188 cm³/mol. The van der Waals surface area contributed by atoms with Crippen LogP contribution >= 0.6 is 7.60 Å². The molecule has 4 atom stereocenters. The molecule has 1 aliphatic heterocycles. The van der Waals surface area contributed by atoms with Crippen molar-refractivity contribution in [3.05, 3.63) is 32.6 Å². The lowest BCUT2D eigenvalue weighted by Crippen LogP contribution is -2.45. The van der Waals surface area contributed by atoms with Crippen LogP contribution in [0.3, 0.4) is 0 Å². The van der Waals surface area contributed by atoms with E-state index in [0.717, 1.165) is 49.3 Å². The Kier molecular flexibility index (Phi) is 20.1. The summed E-state index contributed by atoms with van der Waals surface area (Å²) in [6, 6.07) is 0. The highest BCUT2D eigenvalue weighted by molar-refractivity contribution is 7.52. The molecule has 1 saturated heterocycles. The van der Waals surface area contributed by atoms with Gasteiger partial charge in [-0.3, -0.25) is 23.7 Å². The molecule has 0 aliphatic carbocycles. The van der Waals surface area contributed by atoms with Crippen LogP contribution in [0.5, 0.6) is 0 Å². The second-order valence-electron chi connectivity index (χ2n) is 13.6. The van der Waals surface area contributed by atoms with Gasteiger partial charge in [-0.15, -0.1) is 0 Å². The van der Waals surface area contributed by atoms with Crippen LogP contribution in [-0.2, 0) is 24.3 Å². The molecule has 2 rings (SSSR count). The molecule has 13 heteroatoms. The number of amides is 1. The molecule has 0 spiro atoms. The van der Waals surface area contributed by atoms with Crippen molar-refractivity contribution < 1.29 is 33.7 Å². The van der Waals surface area contributed by atoms with Gasteiger partial charge in [-0.05, 0) is 26.2 Å². The van der Waals surface area contributed by atoms with Crippen molar-refractivity contribution in [1.82, 2.24) is 14.9 Å². The SMILES string of the molecule is CCCCCCCCCCCC(=O)NCC(CC(O)[C@@H]1CC[C@@](n2cc(C)c(=O)[nH]c2=O)(P(=O)(O)O)O1)OCCCCCCCCCC. The summed E-state index contributed by atoms with van der Waals surface area (Å²) in [7, 11) is -5.11. The second-order valence-corrected chi connectivity index (χ2v) is 15.4. The van der Waals surface area contributed by atoms with Crippen molar-refractivity contribution in [2.75, 3.05) is 13.2 Å². The van der Waals surface area contributed by atoms with E-state index < -0.39 is 42.6 Å². The molecule has 1 aliphatic rings. The number of carbonyl (C=O) groups excluding carboxylic acids is 1. The Hall–Kier alpha value is -1.82. The standard InChI is InChI=1S/C35H64N3O9P/c1-4-6-8-10-12-14-15-17-19-21-32(40)36-26-29(46-24-20-18-16-13-11-9-7-5-2)25-30(39)31-22-23-35(47-31,48(43,44)45)38-27-28(3)33(41)37-34(38)42/h27,29-31,39H,4-26H2,1-3H3,(H,36,40)(H,37,41,42)(H2,43,44,45)/t29?,30?,31-,35-/m0/s1. The molecule has 48 heavy (non-hydrogen) atoms. The van der Waals surface area contributed by atoms with Gasteiger partial charge in [-0.1, -0.05) is 110 Å². The lowest BCUT2D eigenvalue weighted by atomic mass is 10.0. The molecule has 0 aromatic carbocycles. The monoisotopic (exact) mass is 701 g/mol. The summed E-state index contributed by atoms with van der Waals surface area (Å²) >= 11 is 0. The van der Waals surface area contributed by atoms with Gasteiger partial charge in [0.25, 0.3) is 11.0 Å². The Bertz CT molecular complexity index is 1220. The number of carbonyl (C=O) groups is 1. The quantitative estimate of drug-likeness (QED) is 0.0533. The van der Waals surface area contributed by atoms with Crippen LogP contribution in [0.4, 0.5) is 0 Å². The fourth-order valence-electron chi connectivity index (χ4n) is 6.35. The fourth-order valence-corrected chi connectivity index (χ4v) is 7.47. The summed E-state index contributed by atoms with van der Waals surface area (Å²) in [6.07, 6.45) is 18.3. The Labute approximate surface area is 286 Å². The summed E-state index contributed by atoms with van der Waals surface area (Å²) in [4.78, 5) is 59.9. The van der Waals surface area contributed by atoms with E-state index in [1.165, 1.54) is 77.6 Å². The first kappa shape index (κ1) is 42.3. The van der Waals surface area contributed by atoms with Crippen LogP contribution in [0.15, 0.2) is 15.8 Å². The maximum Gasteiger partial charge on any atom is 0.378 e. The number of aryl methyl sites for hydroxylation is 1. The lowest BCUT2D eigenvalue weighted by molar-refractivity contribution is -0.123. The molecule has 12 nitrogen and oxygen atoms in total.